The predicted molar refractivity (Wildman–Crippen MR) is 58.7 cm³/mol. The van der Waals surface area contributed by atoms with Gasteiger partial charge in [0, 0.05) is 10.2 Å². The maximum atomic E-state index is 12.7. The highest BCUT2D eigenvalue weighted by molar-refractivity contribution is 9.10. The fourth-order valence-electron chi connectivity index (χ4n) is 1.14. The maximum Gasteiger partial charge on any atom is 0.416 e. The lowest BCUT2D eigenvalue weighted by molar-refractivity contribution is -0.163. The van der Waals surface area contributed by atoms with E-state index in [0.29, 0.717) is 12.1 Å². The molecule has 10 heteroatoms. The van der Waals surface area contributed by atoms with Gasteiger partial charge in [0.1, 0.15) is 0 Å². The first-order valence-corrected chi connectivity index (χ1v) is 5.59. The summed E-state index contributed by atoms with van der Waals surface area (Å²) in [6, 6.07) is 1.86. The van der Waals surface area contributed by atoms with Gasteiger partial charge in [0.2, 0.25) is 0 Å². The van der Waals surface area contributed by atoms with Crippen molar-refractivity contribution in [2.45, 2.75) is 18.5 Å². The van der Waals surface area contributed by atoms with Gasteiger partial charge in [-0.15, -0.1) is 0 Å². The lowest BCUT2D eigenvalue weighted by atomic mass is 10.2. The number of rotatable bonds is 3. The molecule has 2 nitrogen and oxygen atoms in total. The summed E-state index contributed by atoms with van der Waals surface area (Å²) in [7, 11) is 0. The number of hydrogen-bond acceptors (Lipinski definition) is 1. The molecule has 1 N–H and O–H groups in total. The molecular formula is C10H5BrF7NO. The first-order chi connectivity index (χ1) is 8.94. The number of carbonyl (C=O) groups excluding carboxylic acids is 1. The molecule has 112 valence electrons. The van der Waals surface area contributed by atoms with Gasteiger partial charge in [-0.2, -0.15) is 22.0 Å². The van der Waals surface area contributed by atoms with Crippen LogP contribution < -0.4 is 5.32 Å². The second-order valence-electron chi connectivity index (χ2n) is 3.60. The van der Waals surface area contributed by atoms with Crippen LogP contribution in [-0.2, 0) is 11.0 Å². The van der Waals surface area contributed by atoms with Crippen LogP contribution in [0.4, 0.5) is 36.4 Å². The van der Waals surface area contributed by atoms with Crippen molar-refractivity contribution in [3.05, 3.63) is 28.2 Å². The molecule has 0 atom stereocenters. The number of hydrogen-bond donors (Lipinski definition) is 1. The van der Waals surface area contributed by atoms with Crippen molar-refractivity contribution in [2.24, 2.45) is 0 Å². The van der Waals surface area contributed by atoms with Crippen molar-refractivity contribution in [1.29, 1.82) is 0 Å². The van der Waals surface area contributed by atoms with Crippen molar-refractivity contribution in [3.63, 3.8) is 0 Å². The topological polar surface area (TPSA) is 29.1 Å². The summed E-state index contributed by atoms with van der Waals surface area (Å²) in [5, 5.41) is 1.32. The first kappa shape index (κ1) is 16.7. The van der Waals surface area contributed by atoms with Gasteiger partial charge in [-0.25, -0.2) is 8.78 Å². The van der Waals surface area contributed by atoms with Crippen LogP contribution in [0.3, 0.4) is 0 Å². The Morgan fingerprint density at radius 1 is 1.10 bits per heavy atom. The third kappa shape index (κ3) is 3.84. The van der Waals surface area contributed by atoms with Gasteiger partial charge < -0.3 is 5.32 Å². The molecule has 1 amide bonds. The Bertz CT molecular complexity index is 515. The molecule has 0 bridgehead atoms. The minimum atomic E-state index is -5.00. The van der Waals surface area contributed by atoms with Crippen LogP contribution in [0.1, 0.15) is 5.56 Å². The molecular weight excluding hydrogens is 363 g/mol. The minimum Gasteiger partial charge on any atom is -0.321 e. The van der Waals surface area contributed by atoms with Crippen molar-refractivity contribution in [2.75, 3.05) is 5.32 Å². The van der Waals surface area contributed by atoms with E-state index in [1.165, 1.54) is 5.32 Å². The Hall–Kier alpha value is -1.32. The molecule has 0 unspecified atom stereocenters. The Morgan fingerprint density at radius 2 is 1.65 bits per heavy atom. The molecule has 0 radical (unpaired) electrons. The third-order valence-electron chi connectivity index (χ3n) is 2.06. The number of halogens is 8. The second-order valence-corrected chi connectivity index (χ2v) is 4.52. The van der Waals surface area contributed by atoms with Crippen molar-refractivity contribution >= 4 is 27.5 Å². The van der Waals surface area contributed by atoms with Gasteiger partial charge >= 0.3 is 24.4 Å². The lowest BCUT2D eigenvalue weighted by Gasteiger charge is -2.16. The number of nitrogens with one attached hydrogen (secondary N) is 1. The van der Waals surface area contributed by atoms with E-state index in [-0.39, 0.29) is 4.47 Å². The fourth-order valence-corrected chi connectivity index (χ4v) is 1.63. The Labute approximate surface area is 116 Å². The van der Waals surface area contributed by atoms with E-state index in [1.807, 2.05) is 0 Å². The van der Waals surface area contributed by atoms with Crippen molar-refractivity contribution in [3.8, 4) is 0 Å². The maximum absolute atomic E-state index is 12.7. The molecule has 0 aromatic heterocycles. The van der Waals surface area contributed by atoms with Gasteiger partial charge in [-0.05, 0) is 18.2 Å². The van der Waals surface area contributed by atoms with E-state index in [2.05, 4.69) is 15.9 Å². The van der Waals surface area contributed by atoms with Crippen LogP contribution in [0, 0.1) is 0 Å². The zero-order chi connectivity index (χ0) is 15.7. The van der Waals surface area contributed by atoms with E-state index < -0.39 is 35.7 Å². The summed E-state index contributed by atoms with van der Waals surface area (Å²) in [6.45, 7) is 0. The van der Waals surface area contributed by atoms with Crippen LogP contribution in [0.25, 0.3) is 0 Å². The number of alkyl halides is 7. The quantitative estimate of drug-likeness (QED) is 0.792. The summed E-state index contributed by atoms with van der Waals surface area (Å²) in [5.41, 5.74) is -1.92. The number of benzene rings is 1. The smallest absolute Gasteiger partial charge is 0.321 e. The molecule has 0 heterocycles. The largest absolute Gasteiger partial charge is 0.416 e. The van der Waals surface area contributed by atoms with Crippen LogP contribution in [0.2, 0.25) is 0 Å². The Balaban J connectivity index is 3.05. The van der Waals surface area contributed by atoms with E-state index >= 15 is 0 Å². The molecule has 20 heavy (non-hydrogen) atoms. The van der Waals surface area contributed by atoms with Gasteiger partial charge in [-0.1, -0.05) is 15.9 Å². The highest BCUT2D eigenvalue weighted by atomic mass is 79.9. The SMILES string of the molecule is O=C(Nc1cc(Br)cc(C(F)(F)F)c1)C(F)(F)C(F)F. The Kier molecular flexibility index (Phi) is 4.67. The standard InChI is InChI=1S/C10H5BrF7NO/c11-5-1-4(10(16,17)18)2-6(3-5)19-8(20)9(14,15)7(12)13/h1-3,7H,(H,19,20). The number of anilines is 1. The molecule has 0 aliphatic heterocycles. The second kappa shape index (κ2) is 5.58. The molecule has 0 saturated carbocycles. The van der Waals surface area contributed by atoms with Gasteiger partial charge in [0.25, 0.3) is 0 Å². The van der Waals surface area contributed by atoms with E-state index in [1.54, 1.807) is 0 Å². The summed E-state index contributed by atoms with van der Waals surface area (Å²) in [6.07, 6.45) is -9.05. The molecule has 0 spiro atoms. The summed E-state index contributed by atoms with van der Waals surface area (Å²) in [4.78, 5) is 10.9. The summed E-state index contributed by atoms with van der Waals surface area (Å²) in [5.74, 6) is -7.39. The molecule has 0 saturated heterocycles. The predicted octanol–water partition coefficient (Wildman–Crippen LogP) is 4.31. The average molecular weight is 368 g/mol. The van der Waals surface area contributed by atoms with Crippen LogP contribution in [0.15, 0.2) is 22.7 Å². The molecule has 0 aliphatic rings. The monoisotopic (exact) mass is 367 g/mol. The van der Waals surface area contributed by atoms with Crippen LogP contribution in [-0.4, -0.2) is 18.3 Å². The Morgan fingerprint density at radius 3 is 2.10 bits per heavy atom. The third-order valence-corrected chi connectivity index (χ3v) is 2.52. The molecule has 1 rings (SSSR count). The summed E-state index contributed by atoms with van der Waals surface area (Å²) >= 11 is 2.69. The average Bonchev–Trinajstić information content (AvgIpc) is 2.26. The molecule has 0 aliphatic carbocycles. The van der Waals surface area contributed by atoms with Crippen molar-refractivity contribution < 1.29 is 35.5 Å². The van der Waals surface area contributed by atoms with Gasteiger partial charge in [-0.3, -0.25) is 4.79 Å². The van der Waals surface area contributed by atoms with E-state index in [0.717, 1.165) is 6.07 Å². The van der Waals surface area contributed by atoms with Gasteiger partial charge in [0.05, 0.1) is 5.56 Å². The molecule has 0 fully saturated rings. The minimum absolute atomic E-state index is 0.164. The first-order valence-electron chi connectivity index (χ1n) is 4.80. The zero-order valence-corrected chi connectivity index (χ0v) is 10.8. The van der Waals surface area contributed by atoms with E-state index in [4.69, 9.17) is 0 Å². The van der Waals surface area contributed by atoms with Crippen LogP contribution in [0.5, 0.6) is 0 Å². The highest BCUT2D eigenvalue weighted by Gasteiger charge is 2.49. The molecule has 1 aromatic carbocycles. The summed E-state index contributed by atoms with van der Waals surface area (Å²) < 4.78 is 86.3. The normalized spacial score (nSPS) is 12.7. The lowest BCUT2D eigenvalue weighted by Crippen LogP contribution is -2.41. The highest BCUT2D eigenvalue weighted by Crippen LogP contribution is 2.34. The van der Waals surface area contributed by atoms with Gasteiger partial charge in [0.15, 0.2) is 0 Å². The molecule has 1 aromatic rings. The van der Waals surface area contributed by atoms with E-state index in [9.17, 15) is 35.5 Å². The fraction of sp³-hybridized carbons (Fsp3) is 0.300. The van der Waals surface area contributed by atoms with Crippen LogP contribution >= 0.6 is 15.9 Å². The van der Waals surface area contributed by atoms with Crippen molar-refractivity contribution in [1.82, 2.24) is 0 Å². The zero-order valence-electron chi connectivity index (χ0n) is 9.24. The number of carbonyl (C=O) groups is 1. The number of amides is 1.